The molecule has 0 aliphatic heterocycles. The zero-order valence-corrected chi connectivity index (χ0v) is 11.7. The van der Waals surface area contributed by atoms with Crippen molar-refractivity contribution in [2.75, 3.05) is 5.33 Å². The van der Waals surface area contributed by atoms with Crippen LogP contribution in [0.5, 0.6) is 0 Å². The quantitative estimate of drug-likeness (QED) is 0.848. The highest BCUT2D eigenvalue weighted by Crippen LogP contribution is 2.12. The molecule has 1 rings (SSSR count). The predicted octanol–water partition coefficient (Wildman–Crippen LogP) is 3.49. The molecule has 0 radical (unpaired) electrons. The van der Waals surface area contributed by atoms with Crippen molar-refractivity contribution >= 4 is 33.4 Å². The predicted molar refractivity (Wildman–Crippen MR) is 71.3 cm³/mol. The minimum absolute atomic E-state index is 0.0807. The third-order valence-electron chi connectivity index (χ3n) is 2.54. The average molecular weight is 305 g/mol. The van der Waals surface area contributed by atoms with Crippen molar-refractivity contribution in [2.45, 2.75) is 19.9 Å². The highest BCUT2D eigenvalue weighted by molar-refractivity contribution is 9.09. The number of halogens is 2. The summed E-state index contributed by atoms with van der Waals surface area (Å²) in [4.78, 5) is 11.8. The highest BCUT2D eigenvalue weighted by Gasteiger charge is 2.14. The maximum Gasteiger partial charge on any atom is 0.251 e. The molecular weight excluding hydrogens is 289 g/mol. The van der Waals surface area contributed by atoms with Gasteiger partial charge in [-0.3, -0.25) is 4.79 Å². The summed E-state index contributed by atoms with van der Waals surface area (Å²) < 4.78 is 0. The van der Waals surface area contributed by atoms with E-state index in [4.69, 9.17) is 11.6 Å². The van der Waals surface area contributed by atoms with E-state index >= 15 is 0 Å². The molecule has 16 heavy (non-hydrogen) atoms. The zero-order chi connectivity index (χ0) is 12.1. The Labute approximate surface area is 110 Å². The molecule has 1 N–H and O–H groups in total. The lowest BCUT2D eigenvalue weighted by Crippen LogP contribution is -2.37. The van der Waals surface area contributed by atoms with Gasteiger partial charge in [0, 0.05) is 22.0 Å². The van der Waals surface area contributed by atoms with Crippen LogP contribution >= 0.6 is 27.5 Å². The largest absolute Gasteiger partial charge is 0.349 e. The Balaban J connectivity index is 2.66. The van der Waals surface area contributed by atoms with E-state index in [-0.39, 0.29) is 11.9 Å². The smallest absolute Gasteiger partial charge is 0.251 e. The summed E-state index contributed by atoms with van der Waals surface area (Å²) in [7, 11) is 0. The molecule has 0 bridgehead atoms. The van der Waals surface area contributed by atoms with Crippen molar-refractivity contribution in [1.82, 2.24) is 5.32 Å². The molecule has 2 atom stereocenters. The first-order chi connectivity index (χ1) is 7.54. The van der Waals surface area contributed by atoms with Crippen molar-refractivity contribution in [3.63, 3.8) is 0 Å². The highest BCUT2D eigenvalue weighted by atomic mass is 79.9. The zero-order valence-electron chi connectivity index (χ0n) is 9.34. The van der Waals surface area contributed by atoms with E-state index < -0.39 is 0 Å². The Morgan fingerprint density at radius 2 is 2.19 bits per heavy atom. The summed E-state index contributed by atoms with van der Waals surface area (Å²) in [5.41, 5.74) is 0.598. The lowest BCUT2D eigenvalue weighted by atomic mass is 10.1. The molecule has 4 heteroatoms. The maximum absolute atomic E-state index is 11.8. The number of amides is 1. The van der Waals surface area contributed by atoms with Crippen LogP contribution in [0, 0.1) is 5.92 Å². The van der Waals surface area contributed by atoms with Gasteiger partial charge in [0.15, 0.2) is 0 Å². The normalized spacial score (nSPS) is 14.2. The molecule has 0 fully saturated rings. The minimum atomic E-state index is -0.0807. The third kappa shape index (κ3) is 3.80. The number of hydrogen-bond donors (Lipinski definition) is 1. The number of carbonyl (C=O) groups is 1. The van der Waals surface area contributed by atoms with E-state index in [1.54, 1.807) is 24.3 Å². The van der Waals surface area contributed by atoms with Crippen molar-refractivity contribution < 1.29 is 4.79 Å². The van der Waals surface area contributed by atoms with Crippen molar-refractivity contribution in [1.29, 1.82) is 0 Å². The summed E-state index contributed by atoms with van der Waals surface area (Å²) in [6.45, 7) is 4.08. The summed E-state index contributed by atoms with van der Waals surface area (Å²) in [6, 6.07) is 7.08. The van der Waals surface area contributed by atoms with Crippen LogP contribution in [0.25, 0.3) is 0 Å². The minimum Gasteiger partial charge on any atom is -0.349 e. The molecule has 0 saturated carbocycles. The fraction of sp³-hybridized carbons (Fsp3) is 0.417. The van der Waals surface area contributed by atoms with Crippen molar-refractivity contribution in [3.8, 4) is 0 Å². The maximum atomic E-state index is 11.8. The number of carbonyl (C=O) groups excluding carboxylic acids is 1. The third-order valence-corrected chi connectivity index (χ3v) is 3.80. The SMILES string of the molecule is CC(CBr)C(C)NC(=O)c1cccc(Cl)c1. The van der Waals surface area contributed by atoms with E-state index in [0.29, 0.717) is 16.5 Å². The van der Waals surface area contributed by atoms with Gasteiger partial charge < -0.3 is 5.32 Å². The van der Waals surface area contributed by atoms with Crippen molar-refractivity contribution in [2.24, 2.45) is 5.92 Å². The fourth-order valence-corrected chi connectivity index (χ4v) is 1.95. The second-order valence-corrected chi connectivity index (χ2v) is 4.99. The number of alkyl halides is 1. The van der Waals surface area contributed by atoms with Crippen LogP contribution < -0.4 is 5.32 Å². The van der Waals surface area contributed by atoms with Crippen LogP contribution in [-0.2, 0) is 0 Å². The number of benzene rings is 1. The Hall–Kier alpha value is -0.540. The van der Waals surface area contributed by atoms with Gasteiger partial charge in [-0.25, -0.2) is 0 Å². The van der Waals surface area contributed by atoms with Gasteiger partial charge in [-0.15, -0.1) is 0 Å². The molecule has 0 spiro atoms. The molecule has 0 aliphatic carbocycles. The molecule has 2 unspecified atom stereocenters. The molecule has 0 heterocycles. The van der Waals surface area contributed by atoms with E-state index in [9.17, 15) is 4.79 Å². The summed E-state index contributed by atoms with van der Waals surface area (Å²) in [6.07, 6.45) is 0. The van der Waals surface area contributed by atoms with E-state index in [1.807, 2.05) is 6.92 Å². The number of nitrogens with one attached hydrogen (secondary N) is 1. The molecule has 88 valence electrons. The van der Waals surface area contributed by atoms with E-state index in [2.05, 4.69) is 28.2 Å². The van der Waals surface area contributed by atoms with Crippen LogP contribution in [0.3, 0.4) is 0 Å². The van der Waals surface area contributed by atoms with Gasteiger partial charge in [0.1, 0.15) is 0 Å². The van der Waals surface area contributed by atoms with E-state index in [0.717, 1.165) is 5.33 Å². The number of rotatable bonds is 4. The second-order valence-electron chi connectivity index (χ2n) is 3.90. The average Bonchev–Trinajstić information content (AvgIpc) is 2.27. The summed E-state index contributed by atoms with van der Waals surface area (Å²) >= 11 is 9.23. The molecule has 1 aromatic rings. The topological polar surface area (TPSA) is 29.1 Å². The number of hydrogen-bond acceptors (Lipinski definition) is 1. The lowest BCUT2D eigenvalue weighted by Gasteiger charge is -2.19. The Bertz CT molecular complexity index is 370. The van der Waals surface area contributed by atoms with Gasteiger partial charge in [0.25, 0.3) is 5.91 Å². The van der Waals surface area contributed by atoms with Crippen LogP contribution in [-0.4, -0.2) is 17.3 Å². The first kappa shape index (κ1) is 13.5. The van der Waals surface area contributed by atoms with Crippen LogP contribution in [0.4, 0.5) is 0 Å². The molecule has 0 aromatic heterocycles. The molecular formula is C12H15BrClNO. The first-order valence-electron chi connectivity index (χ1n) is 5.17. The van der Waals surface area contributed by atoms with Gasteiger partial charge in [-0.2, -0.15) is 0 Å². The van der Waals surface area contributed by atoms with Crippen LogP contribution in [0.15, 0.2) is 24.3 Å². The summed E-state index contributed by atoms with van der Waals surface area (Å²) in [5, 5.41) is 4.39. The standard InChI is InChI=1S/C12H15BrClNO/c1-8(7-13)9(2)15-12(16)10-4-3-5-11(14)6-10/h3-6,8-9H,7H2,1-2H3,(H,15,16). The van der Waals surface area contributed by atoms with E-state index in [1.165, 1.54) is 0 Å². The molecule has 1 aromatic carbocycles. The Morgan fingerprint density at radius 3 is 2.75 bits per heavy atom. The molecule has 0 aliphatic rings. The monoisotopic (exact) mass is 303 g/mol. The van der Waals surface area contributed by atoms with Crippen LogP contribution in [0.1, 0.15) is 24.2 Å². The lowest BCUT2D eigenvalue weighted by molar-refractivity contribution is 0.0931. The van der Waals surface area contributed by atoms with Gasteiger partial charge in [0.05, 0.1) is 0 Å². The van der Waals surface area contributed by atoms with Gasteiger partial charge in [0.2, 0.25) is 0 Å². The molecule has 2 nitrogen and oxygen atoms in total. The van der Waals surface area contributed by atoms with Crippen molar-refractivity contribution in [3.05, 3.63) is 34.9 Å². The molecule has 1 amide bonds. The van der Waals surface area contributed by atoms with Gasteiger partial charge in [-0.05, 0) is 31.0 Å². The van der Waals surface area contributed by atoms with Gasteiger partial charge >= 0.3 is 0 Å². The Kier molecular flexibility index (Phi) is 5.29. The van der Waals surface area contributed by atoms with Crippen LogP contribution in [0.2, 0.25) is 5.02 Å². The summed E-state index contributed by atoms with van der Waals surface area (Å²) in [5.74, 6) is 0.311. The second kappa shape index (κ2) is 6.26. The Morgan fingerprint density at radius 1 is 1.50 bits per heavy atom. The first-order valence-corrected chi connectivity index (χ1v) is 6.67. The van der Waals surface area contributed by atoms with Gasteiger partial charge in [-0.1, -0.05) is 40.5 Å². The fourth-order valence-electron chi connectivity index (χ4n) is 1.20. The molecule has 0 saturated heterocycles.